The summed E-state index contributed by atoms with van der Waals surface area (Å²) in [5.74, 6) is 2.28. The maximum Gasteiger partial charge on any atom is 0.252 e. The Morgan fingerprint density at radius 3 is 2.39 bits per heavy atom. The molecule has 5 fully saturated rings. The normalized spacial score (nSPS) is 36.8. The number of hydrogen-bond acceptors (Lipinski definition) is 3. The number of carbonyl (C=O) groups excluding carboxylic acids is 1. The molecule has 0 radical (unpaired) electrons. The molecule has 0 aromatic heterocycles. The second kappa shape index (κ2) is 8.39. The second-order valence-electron chi connectivity index (χ2n) is 11.0. The largest absolute Gasteiger partial charge is 0.328 e. The van der Waals surface area contributed by atoms with Crippen LogP contribution in [-0.2, 0) is 16.0 Å². The van der Waals surface area contributed by atoms with E-state index < -0.39 is 0 Å². The highest BCUT2D eigenvalue weighted by atomic mass is 32.2. The van der Waals surface area contributed by atoms with Crippen molar-refractivity contribution in [2.75, 3.05) is 0 Å². The number of rotatable bonds is 5. The van der Waals surface area contributed by atoms with Gasteiger partial charge in [0.25, 0.3) is 5.91 Å². The Morgan fingerprint density at radius 1 is 0.970 bits per heavy atom. The fraction of sp³-hybridized carbons (Fsp3) is 0.517. The lowest BCUT2D eigenvalue weighted by Crippen LogP contribution is -2.38. The third-order valence-electron chi connectivity index (χ3n) is 9.08. The molecule has 0 heterocycles. The summed E-state index contributed by atoms with van der Waals surface area (Å²) < 4.78 is 0. The van der Waals surface area contributed by atoms with Crippen LogP contribution in [0.3, 0.4) is 0 Å². The van der Waals surface area contributed by atoms with Gasteiger partial charge in [-0.1, -0.05) is 60.7 Å². The van der Waals surface area contributed by atoms with Crippen molar-refractivity contribution in [2.45, 2.75) is 73.8 Å². The number of amides is 1. The van der Waals surface area contributed by atoms with Crippen molar-refractivity contribution in [3.8, 4) is 0 Å². The molecule has 4 heteroatoms. The van der Waals surface area contributed by atoms with E-state index in [1.54, 1.807) is 0 Å². The molecule has 0 saturated heterocycles. The van der Waals surface area contributed by atoms with Crippen LogP contribution < -0.4 is 5.73 Å². The van der Waals surface area contributed by atoms with Crippen LogP contribution in [-0.4, -0.2) is 22.9 Å². The van der Waals surface area contributed by atoms with Crippen LogP contribution in [0.2, 0.25) is 0 Å². The van der Waals surface area contributed by atoms with Gasteiger partial charge in [0, 0.05) is 22.8 Å². The highest BCUT2D eigenvalue weighted by molar-refractivity contribution is 7.99. The summed E-state index contributed by atoms with van der Waals surface area (Å²) in [5, 5.41) is 0.563. The summed E-state index contributed by atoms with van der Waals surface area (Å²) in [5.41, 5.74) is 9.92. The first kappa shape index (κ1) is 21.6. The third-order valence-corrected chi connectivity index (χ3v) is 10.7. The molecule has 5 aliphatic rings. The molecule has 5 aliphatic carbocycles. The van der Waals surface area contributed by atoms with Crippen LogP contribution in [0, 0.1) is 17.3 Å². The van der Waals surface area contributed by atoms with E-state index in [1.165, 1.54) is 17.5 Å². The molecule has 0 spiro atoms. The van der Waals surface area contributed by atoms with Crippen LogP contribution in [0.25, 0.3) is 0 Å². The van der Waals surface area contributed by atoms with Crippen LogP contribution in [0.15, 0.2) is 65.7 Å². The standard InChI is InChI=1S/C29H34N2OS/c30-23-11-13-24(14-12-23)31-27(32)29-16-21-15-28(19-29,22-9-5-2-6-10-22)17-25(29)26(21)33-18-20-7-3-1-4-8-20/h1-10,21,23,25-26H,11-19,30H2. The zero-order valence-corrected chi connectivity index (χ0v) is 20.1. The van der Waals surface area contributed by atoms with E-state index in [1.807, 2.05) is 0 Å². The van der Waals surface area contributed by atoms with Gasteiger partial charge in [-0.2, -0.15) is 11.8 Å². The average Bonchev–Trinajstić information content (AvgIpc) is 3.22. The van der Waals surface area contributed by atoms with E-state index in [2.05, 4.69) is 72.4 Å². The SMILES string of the molecule is NC1CCC(=NC(=O)C23CC4CC(c5ccccc5)(CC2C4SCc2ccccc2)C3)CC1. The van der Waals surface area contributed by atoms with Crippen molar-refractivity contribution in [1.29, 1.82) is 0 Å². The minimum Gasteiger partial charge on any atom is -0.328 e. The molecular weight excluding hydrogens is 424 g/mol. The van der Waals surface area contributed by atoms with Crippen molar-refractivity contribution >= 4 is 23.4 Å². The summed E-state index contributed by atoms with van der Waals surface area (Å²) in [4.78, 5) is 18.8. The first-order valence-electron chi connectivity index (χ1n) is 12.7. The molecule has 2 N–H and O–H groups in total. The number of hydrogen-bond donors (Lipinski definition) is 1. The predicted octanol–water partition coefficient (Wildman–Crippen LogP) is 5.92. The molecule has 5 unspecified atom stereocenters. The van der Waals surface area contributed by atoms with Crippen molar-refractivity contribution in [3.63, 3.8) is 0 Å². The lowest BCUT2D eigenvalue weighted by Gasteiger charge is -2.42. The van der Waals surface area contributed by atoms with Gasteiger partial charge >= 0.3 is 0 Å². The second-order valence-corrected chi connectivity index (χ2v) is 12.2. The van der Waals surface area contributed by atoms with E-state index in [0.29, 0.717) is 17.1 Å². The van der Waals surface area contributed by atoms with Crippen LogP contribution in [0.1, 0.15) is 62.5 Å². The van der Waals surface area contributed by atoms with E-state index in [4.69, 9.17) is 10.7 Å². The fourth-order valence-electron chi connectivity index (χ4n) is 7.65. The van der Waals surface area contributed by atoms with Crippen molar-refractivity contribution < 1.29 is 4.79 Å². The molecule has 2 aromatic carbocycles. The molecule has 0 aliphatic heterocycles. The van der Waals surface area contributed by atoms with Crippen molar-refractivity contribution in [3.05, 3.63) is 71.8 Å². The first-order valence-corrected chi connectivity index (χ1v) is 13.7. The molecule has 2 aromatic rings. The summed E-state index contributed by atoms with van der Waals surface area (Å²) in [6.45, 7) is 0. The van der Waals surface area contributed by atoms with Crippen LogP contribution >= 0.6 is 11.8 Å². The molecule has 5 atom stereocenters. The zero-order chi connectivity index (χ0) is 22.5. The molecule has 172 valence electrons. The smallest absolute Gasteiger partial charge is 0.252 e. The number of nitrogens with two attached hydrogens (primary N) is 1. The molecule has 5 saturated carbocycles. The number of thioether (sulfide) groups is 1. The maximum atomic E-state index is 13.9. The van der Waals surface area contributed by atoms with Crippen LogP contribution in [0.4, 0.5) is 0 Å². The minimum absolute atomic E-state index is 0.156. The molecule has 3 nitrogen and oxygen atoms in total. The number of nitrogens with zero attached hydrogens (tertiary/aromatic N) is 1. The molecule has 33 heavy (non-hydrogen) atoms. The Labute approximate surface area is 201 Å². The van der Waals surface area contributed by atoms with Gasteiger partial charge in [0.15, 0.2) is 0 Å². The Hall–Kier alpha value is -1.91. The predicted molar refractivity (Wildman–Crippen MR) is 136 cm³/mol. The molecule has 1 amide bonds. The Balaban J connectivity index is 1.30. The lowest BCUT2D eigenvalue weighted by atomic mass is 9.63. The topological polar surface area (TPSA) is 55.4 Å². The summed E-state index contributed by atoms with van der Waals surface area (Å²) in [7, 11) is 0. The van der Waals surface area contributed by atoms with E-state index >= 15 is 0 Å². The summed E-state index contributed by atoms with van der Waals surface area (Å²) in [6, 6.07) is 22.1. The fourth-order valence-corrected chi connectivity index (χ4v) is 9.28. The minimum atomic E-state index is -0.264. The van der Waals surface area contributed by atoms with Crippen LogP contribution in [0.5, 0.6) is 0 Å². The number of aliphatic imine (C=N–C) groups is 1. The Bertz CT molecular complexity index is 1040. The Morgan fingerprint density at radius 2 is 1.67 bits per heavy atom. The van der Waals surface area contributed by atoms with Gasteiger partial charge < -0.3 is 5.73 Å². The lowest BCUT2D eigenvalue weighted by molar-refractivity contribution is -0.129. The van der Waals surface area contributed by atoms with Gasteiger partial charge in [-0.25, -0.2) is 4.99 Å². The third kappa shape index (κ3) is 3.70. The monoisotopic (exact) mass is 458 g/mol. The van der Waals surface area contributed by atoms with Gasteiger partial charge in [0.05, 0.1) is 5.41 Å². The zero-order valence-electron chi connectivity index (χ0n) is 19.3. The van der Waals surface area contributed by atoms with E-state index in [0.717, 1.165) is 56.4 Å². The summed E-state index contributed by atoms with van der Waals surface area (Å²) in [6.07, 6.45) is 8.11. The number of benzene rings is 2. The average molecular weight is 459 g/mol. The highest BCUT2D eigenvalue weighted by Gasteiger charge is 2.70. The van der Waals surface area contributed by atoms with Crippen molar-refractivity contribution in [1.82, 2.24) is 0 Å². The summed E-state index contributed by atoms with van der Waals surface area (Å²) >= 11 is 2.10. The molecular formula is C29H34N2OS. The number of carbonyl (C=O) groups is 1. The highest BCUT2D eigenvalue weighted by Crippen LogP contribution is 2.73. The van der Waals surface area contributed by atoms with Gasteiger partial charge in [-0.05, 0) is 79.7 Å². The molecule has 4 bridgehead atoms. The first-order chi connectivity index (χ1) is 16.1. The van der Waals surface area contributed by atoms with Gasteiger partial charge in [-0.3, -0.25) is 4.79 Å². The van der Waals surface area contributed by atoms with E-state index in [-0.39, 0.29) is 22.8 Å². The quantitative estimate of drug-likeness (QED) is 0.605. The Kier molecular flexibility index (Phi) is 5.49. The van der Waals surface area contributed by atoms with Gasteiger partial charge in [0.1, 0.15) is 0 Å². The van der Waals surface area contributed by atoms with Crippen molar-refractivity contribution in [2.24, 2.45) is 28.0 Å². The van der Waals surface area contributed by atoms with Gasteiger partial charge in [-0.15, -0.1) is 0 Å². The molecule has 7 rings (SSSR count). The van der Waals surface area contributed by atoms with E-state index in [9.17, 15) is 4.79 Å². The maximum absolute atomic E-state index is 13.9. The van der Waals surface area contributed by atoms with Gasteiger partial charge in [0.2, 0.25) is 0 Å².